The summed E-state index contributed by atoms with van der Waals surface area (Å²) in [6.45, 7) is 8.62. The van der Waals surface area contributed by atoms with Gasteiger partial charge in [-0.3, -0.25) is 4.79 Å². The summed E-state index contributed by atoms with van der Waals surface area (Å²) in [5, 5.41) is 4.83. The number of piperazine rings is 2. The third-order valence-corrected chi connectivity index (χ3v) is 6.02. The quantitative estimate of drug-likeness (QED) is 0.483. The molecule has 0 radical (unpaired) electrons. The third kappa shape index (κ3) is 8.24. The fourth-order valence-electron chi connectivity index (χ4n) is 3.72. The molecule has 1 amide bonds. The molecule has 0 aliphatic carbocycles. The summed E-state index contributed by atoms with van der Waals surface area (Å²) in [7, 11) is 0. The number of hydrogen-bond donors (Lipinski definition) is 1. The Balaban J connectivity index is 0.000000253. The van der Waals surface area contributed by atoms with E-state index in [4.69, 9.17) is 27.9 Å². The largest absolute Gasteiger partial charge is 0.459 e. The van der Waals surface area contributed by atoms with E-state index in [0.717, 1.165) is 36.9 Å². The number of carbonyl (C=O) groups is 2. The maximum atomic E-state index is 11.8. The molecule has 1 N–H and O–H groups in total. The van der Waals surface area contributed by atoms with Gasteiger partial charge < -0.3 is 24.8 Å². The van der Waals surface area contributed by atoms with Crippen molar-refractivity contribution in [3.63, 3.8) is 0 Å². The van der Waals surface area contributed by atoms with Crippen molar-refractivity contribution in [1.82, 2.24) is 10.2 Å². The number of hydrogen-bond acceptors (Lipinski definition) is 6. The molecule has 0 aromatic heterocycles. The summed E-state index contributed by atoms with van der Waals surface area (Å²) in [6, 6.07) is 15.6. The Morgan fingerprint density at radius 3 is 1.68 bits per heavy atom. The van der Waals surface area contributed by atoms with Gasteiger partial charge in [0.05, 0.1) is 6.61 Å². The van der Waals surface area contributed by atoms with Gasteiger partial charge in [-0.25, -0.2) is 4.79 Å². The molecule has 2 aliphatic heterocycles. The molecule has 2 aliphatic rings. The van der Waals surface area contributed by atoms with Crippen LogP contribution in [0.25, 0.3) is 0 Å². The molecular weight excluding hydrogens is 499 g/mol. The Morgan fingerprint density at radius 2 is 1.24 bits per heavy atom. The normalized spacial score (nSPS) is 15.6. The van der Waals surface area contributed by atoms with E-state index in [0.29, 0.717) is 31.2 Å². The van der Waals surface area contributed by atoms with Gasteiger partial charge in [-0.1, -0.05) is 23.2 Å². The zero-order chi connectivity index (χ0) is 23.6. The van der Waals surface area contributed by atoms with Gasteiger partial charge in [0, 0.05) is 73.8 Å². The molecule has 7 nitrogen and oxygen atoms in total. The molecule has 2 aromatic carbocycles. The lowest BCUT2D eigenvalue weighted by molar-refractivity contribution is -0.160. The van der Waals surface area contributed by atoms with Crippen molar-refractivity contribution >= 4 is 58.9 Å². The van der Waals surface area contributed by atoms with Gasteiger partial charge in [0.1, 0.15) is 0 Å². The average molecular weight is 530 g/mol. The first kappa shape index (κ1) is 28.1. The molecule has 2 aromatic rings. The molecule has 186 valence electrons. The van der Waals surface area contributed by atoms with E-state index in [2.05, 4.69) is 27.2 Å². The van der Waals surface area contributed by atoms with E-state index in [1.54, 1.807) is 6.92 Å². The molecule has 2 saturated heterocycles. The Hall–Kier alpha value is -2.19. The van der Waals surface area contributed by atoms with E-state index in [9.17, 15) is 9.59 Å². The zero-order valence-electron chi connectivity index (χ0n) is 19.2. The number of rotatable bonds is 3. The second-order valence-corrected chi connectivity index (χ2v) is 8.56. The number of benzene rings is 2. The molecule has 0 unspecified atom stereocenters. The van der Waals surface area contributed by atoms with Crippen molar-refractivity contribution in [3.8, 4) is 0 Å². The Labute approximate surface area is 217 Å². The number of amides is 1. The van der Waals surface area contributed by atoms with E-state index < -0.39 is 11.9 Å². The number of nitrogens with zero attached hydrogens (tertiary/aromatic N) is 3. The molecule has 0 atom stereocenters. The highest BCUT2D eigenvalue weighted by atomic mass is 35.5. The van der Waals surface area contributed by atoms with Crippen molar-refractivity contribution in [3.05, 3.63) is 58.6 Å². The number of halogens is 3. The molecule has 0 spiro atoms. The monoisotopic (exact) mass is 528 g/mol. The highest BCUT2D eigenvalue weighted by Crippen LogP contribution is 2.20. The lowest BCUT2D eigenvalue weighted by Gasteiger charge is -2.35. The van der Waals surface area contributed by atoms with Crippen molar-refractivity contribution in [2.24, 2.45) is 0 Å². The molecular formula is C24H31Cl3N4O3. The highest BCUT2D eigenvalue weighted by molar-refractivity contribution is 6.32. The Kier molecular flexibility index (Phi) is 11.8. The maximum absolute atomic E-state index is 11.8. The van der Waals surface area contributed by atoms with Crippen molar-refractivity contribution in [2.75, 3.05) is 68.8 Å². The van der Waals surface area contributed by atoms with Gasteiger partial charge in [0.15, 0.2) is 0 Å². The topological polar surface area (TPSA) is 65.1 Å². The first-order valence-electron chi connectivity index (χ1n) is 11.2. The van der Waals surface area contributed by atoms with Crippen LogP contribution in [-0.4, -0.2) is 75.7 Å². The average Bonchev–Trinajstić information content (AvgIpc) is 2.86. The van der Waals surface area contributed by atoms with Crippen LogP contribution in [0.1, 0.15) is 6.92 Å². The van der Waals surface area contributed by atoms with Crippen LogP contribution < -0.4 is 15.1 Å². The standard InChI is InChI=1S/C14H17ClN2O3.C10H13ClN2.ClH/c1-2-20-14(19)13(18)17-9-7-16(8-10-17)12-5-3-11(15)4-6-12;11-9-1-3-10(4-2-9)13-7-5-12-6-8-13;/h3-6H,2,7-10H2,1H3;1-4,12H,5-8H2;1H. The van der Waals surface area contributed by atoms with Crippen LogP contribution >= 0.6 is 35.6 Å². The van der Waals surface area contributed by atoms with Crippen LogP contribution in [0.15, 0.2) is 48.5 Å². The molecule has 10 heteroatoms. The van der Waals surface area contributed by atoms with E-state index in [1.165, 1.54) is 10.6 Å². The van der Waals surface area contributed by atoms with Crippen molar-refractivity contribution in [2.45, 2.75) is 6.92 Å². The minimum absolute atomic E-state index is 0. The maximum Gasteiger partial charge on any atom is 0.397 e. The van der Waals surface area contributed by atoms with E-state index in [-0.39, 0.29) is 19.0 Å². The van der Waals surface area contributed by atoms with Crippen molar-refractivity contribution in [1.29, 1.82) is 0 Å². The van der Waals surface area contributed by atoms with Crippen LogP contribution in [0.4, 0.5) is 11.4 Å². The number of ether oxygens (including phenoxy) is 1. The summed E-state index contributed by atoms with van der Waals surface area (Å²) in [4.78, 5) is 29.2. The Morgan fingerprint density at radius 1 is 0.794 bits per heavy atom. The SMILES string of the molecule is CCOC(=O)C(=O)N1CCN(c2ccc(Cl)cc2)CC1.Cl.Clc1ccc(N2CCNCC2)cc1. The first-order valence-corrected chi connectivity index (χ1v) is 11.9. The number of esters is 1. The van der Waals surface area contributed by atoms with Crippen LogP contribution in [-0.2, 0) is 14.3 Å². The number of anilines is 2. The summed E-state index contributed by atoms with van der Waals surface area (Å²) in [5.74, 6) is -1.32. The molecule has 4 rings (SSSR count). The van der Waals surface area contributed by atoms with Gasteiger partial charge in [0.25, 0.3) is 0 Å². The summed E-state index contributed by atoms with van der Waals surface area (Å²) >= 11 is 11.7. The Bertz CT molecular complexity index is 899. The number of nitrogens with one attached hydrogen (secondary N) is 1. The molecule has 34 heavy (non-hydrogen) atoms. The fraction of sp³-hybridized carbons (Fsp3) is 0.417. The second kappa shape index (κ2) is 14.3. The first-order chi connectivity index (χ1) is 16.0. The van der Waals surface area contributed by atoms with Gasteiger partial charge in [-0.05, 0) is 55.5 Å². The summed E-state index contributed by atoms with van der Waals surface area (Å²) in [5.41, 5.74) is 2.34. The lowest BCUT2D eigenvalue weighted by Crippen LogP contribution is -2.51. The fourth-order valence-corrected chi connectivity index (χ4v) is 3.97. The second-order valence-electron chi connectivity index (χ2n) is 7.69. The predicted molar refractivity (Wildman–Crippen MR) is 141 cm³/mol. The lowest BCUT2D eigenvalue weighted by atomic mass is 10.2. The van der Waals surface area contributed by atoms with E-state index >= 15 is 0 Å². The van der Waals surface area contributed by atoms with Crippen LogP contribution in [0.3, 0.4) is 0 Å². The third-order valence-electron chi connectivity index (χ3n) is 5.52. The highest BCUT2D eigenvalue weighted by Gasteiger charge is 2.26. The molecule has 0 saturated carbocycles. The predicted octanol–water partition coefficient (Wildman–Crippen LogP) is 3.72. The smallest absolute Gasteiger partial charge is 0.397 e. The minimum Gasteiger partial charge on any atom is -0.459 e. The molecule has 2 fully saturated rings. The minimum atomic E-state index is -0.771. The van der Waals surface area contributed by atoms with Gasteiger partial charge in [0.2, 0.25) is 0 Å². The number of carbonyl (C=O) groups excluding carboxylic acids is 2. The summed E-state index contributed by atoms with van der Waals surface area (Å²) in [6.07, 6.45) is 0. The molecule has 2 heterocycles. The van der Waals surface area contributed by atoms with Crippen molar-refractivity contribution < 1.29 is 14.3 Å². The molecule has 0 bridgehead atoms. The van der Waals surface area contributed by atoms with Gasteiger partial charge in [-0.2, -0.15) is 0 Å². The van der Waals surface area contributed by atoms with Crippen LogP contribution in [0.5, 0.6) is 0 Å². The van der Waals surface area contributed by atoms with Gasteiger partial charge in [-0.15, -0.1) is 12.4 Å². The zero-order valence-corrected chi connectivity index (χ0v) is 21.5. The van der Waals surface area contributed by atoms with E-state index in [1.807, 2.05) is 36.4 Å². The van der Waals surface area contributed by atoms with Crippen LogP contribution in [0.2, 0.25) is 10.0 Å². The van der Waals surface area contributed by atoms with Crippen LogP contribution in [0, 0.1) is 0 Å². The van der Waals surface area contributed by atoms with Gasteiger partial charge >= 0.3 is 11.9 Å². The summed E-state index contributed by atoms with van der Waals surface area (Å²) < 4.78 is 4.72.